The van der Waals surface area contributed by atoms with Crippen LogP contribution in [0.3, 0.4) is 0 Å². The summed E-state index contributed by atoms with van der Waals surface area (Å²) in [4.78, 5) is 4.95. The number of aromatic amines is 1. The van der Waals surface area contributed by atoms with Gasteiger partial charge in [0.05, 0.1) is 26.3 Å². The van der Waals surface area contributed by atoms with Gasteiger partial charge in [0.15, 0.2) is 5.11 Å². The van der Waals surface area contributed by atoms with Crippen LogP contribution in [-0.2, 0) is 4.74 Å². The third-order valence-corrected chi connectivity index (χ3v) is 5.58. The molecule has 30 heavy (non-hydrogen) atoms. The summed E-state index contributed by atoms with van der Waals surface area (Å²) in [6.07, 6.45) is 2.00. The second-order valence-corrected chi connectivity index (χ2v) is 8.10. The monoisotopic (exact) mass is 428 g/mol. The normalized spacial score (nSPS) is 14.3. The highest BCUT2D eigenvalue weighted by Crippen LogP contribution is 2.17. The van der Waals surface area contributed by atoms with Gasteiger partial charge in [-0.05, 0) is 37.3 Å². The minimum atomic E-state index is 0.626. The van der Waals surface area contributed by atoms with E-state index in [0.717, 1.165) is 82.0 Å². The number of nitrogens with one attached hydrogen (secondary N) is 5. The number of ether oxygens (including phenoxy) is 1. The minimum Gasteiger partial charge on any atom is -0.370 e. The van der Waals surface area contributed by atoms with Crippen LogP contribution in [0, 0.1) is 18.3 Å². The summed E-state index contributed by atoms with van der Waals surface area (Å²) in [5.74, 6) is 0.764. The Kier molecular flexibility index (Phi) is 8.63. The molecule has 160 valence electrons. The number of nitrogens with zero attached hydrogens (tertiary/aromatic N) is 1. The Morgan fingerprint density at radius 1 is 1.17 bits per heavy atom. The number of fused-ring (bicyclic) bond motifs is 1. The van der Waals surface area contributed by atoms with E-state index in [9.17, 15) is 5.26 Å². The van der Waals surface area contributed by atoms with Crippen LogP contribution in [-0.4, -0.2) is 57.6 Å². The van der Waals surface area contributed by atoms with E-state index in [1.54, 1.807) is 4.90 Å². The van der Waals surface area contributed by atoms with Gasteiger partial charge in [-0.15, -0.1) is 0 Å². The van der Waals surface area contributed by atoms with E-state index in [0.29, 0.717) is 10.7 Å². The lowest BCUT2D eigenvalue weighted by molar-refractivity contribution is -0.908. The van der Waals surface area contributed by atoms with Crippen LogP contribution in [0.1, 0.15) is 24.0 Å². The number of rotatable bonds is 9. The molecule has 8 heteroatoms. The number of hydrogen-bond donors (Lipinski definition) is 4. The van der Waals surface area contributed by atoms with Gasteiger partial charge in [0, 0.05) is 31.3 Å². The predicted molar refractivity (Wildman–Crippen MR) is 123 cm³/mol. The molecule has 2 aromatic rings. The first-order chi connectivity index (χ1) is 14.7. The van der Waals surface area contributed by atoms with E-state index in [1.165, 1.54) is 5.56 Å². The average molecular weight is 429 g/mol. The molecule has 1 aromatic heterocycles. The van der Waals surface area contributed by atoms with Gasteiger partial charge < -0.3 is 20.3 Å². The van der Waals surface area contributed by atoms with Crippen LogP contribution >= 0.6 is 12.2 Å². The lowest BCUT2D eigenvalue weighted by Crippen LogP contribution is -3.14. The summed E-state index contributed by atoms with van der Waals surface area (Å²) in [6, 6.07) is 10.4. The third kappa shape index (κ3) is 6.80. The van der Waals surface area contributed by atoms with Gasteiger partial charge in [-0.2, -0.15) is 5.26 Å². The fraction of sp³-hybridized carbons (Fsp3) is 0.500. The van der Waals surface area contributed by atoms with Crippen molar-refractivity contribution in [3.63, 3.8) is 0 Å². The molecule has 2 heterocycles. The van der Waals surface area contributed by atoms with Crippen molar-refractivity contribution < 1.29 is 14.6 Å². The molecule has 7 nitrogen and oxygen atoms in total. The number of pyridine rings is 1. The standard InChI is InChI=1S/C22H30N6OS/c1-17-4-5-20-18(14-17)15-19(16-23)21(27-20)24-6-2-7-25-22(30)26-8-3-9-28-10-12-29-13-11-28/h4-5,14-15H,2-3,6-13H2,1H3,(H,24,27)(H2,25,26,30)/p+2. The van der Waals surface area contributed by atoms with Crippen molar-refractivity contribution in [1.29, 1.82) is 5.26 Å². The Labute approximate surface area is 183 Å². The summed E-state index contributed by atoms with van der Waals surface area (Å²) >= 11 is 5.35. The second kappa shape index (κ2) is 11.6. The zero-order valence-corrected chi connectivity index (χ0v) is 18.5. The zero-order chi connectivity index (χ0) is 21.2. The largest absolute Gasteiger partial charge is 0.370 e. The molecular formula is C22H32N6OS+2. The van der Waals surface area contributed by atoms with E-state index in [2.05, 4.69) is 46.1 Å². The number of benzene rings is 1. The first-order valence-electron chi connectivity index (χ1n) is 10.7. The number of nitriles is 1. The van der Waals surface area contributed by atoms with Crippen LogP contribution < -0.4 is 25.8 Å². The smallest absolute Gasteiger partial charge is 0.290 e. The lowest BCUT2D eigenvalue weighted by Gasteiger charge is -2.23. The van der Waals surface area contributed by atoms with Crippen molar-refractivity contribution in [2.45, 2.75) is 19.8 Å². The highest BCUT2D eigenvalue weighted by atomic mass is 32.1. The minimum absolute atomic E-state index is 0.626. The van der Waals surface area contributed by atoms with Crippen molar-refractivity contribution in [1.82, 2.24) is 10.6 Å². The molecule has 0 radical (unpaired) electrons. The second-order valence-electron chi connectivity index (χ2n) is 7.69. The first kappa shape index (κ1) is 22.2. The quantitative estimate of drug-likeness (QED) is 0.342. The SMILES string of the molecule is Cc1ccc2[nH+]c(NCCCNC(=S)NCCC[NH+]3CCOCC3)c(C#N)cc2c1. The Balaban J connectivity index is 1.32. The summed E-state index contributed by atoms with van der Waals surface area (Å²) in [7, 11) is 0. The van der Waals surface area contributed by atoms with Crippen LogP contribution in [0.25, 0.3) is 10.9 Å². The molecule has 1 saturated heterocycles. The number of aromatic nitrogens is 1. The van der Waals surface area contributed by atoms with Crippen LogP contribution in [0.4, 0.5) is 5.82 Å². The van der Waals surface area contributed by atoms with Gasteiger partial charge in [-0.25, -0.2) is 4.98 Å². The zero-order valence-electron chi connectivity index (χ0n) is 17.6. The number of morpholine rings is 1. The molecule has 0 spiro atoms. The Morgan fingerprint density at radius 3 is 2.70 bits per heavy atom. The number of H-pyrrole nitrogens is 1. The predicted octanol–water partition coefficient (Wildman–Crippen LogP) is 0.405. The molecule has 0 unspecified atom stereocenters. The lowest BCUT2D eigenvalue weighted by atomic mass is 10.1. The summed E-state index contributed by atoms with van der Waals surface area (Å²) < 4.78 is 5.38. The molecule has 0 saturated carbocycles. The van der Waals surface area contributed by atoms with E-state index >= 15 is 0 Å². The van der Waals surface area contributed by atoms with Gasteiger partial charge in [0.1, 0.15) is 30.2 Å². The Morgan fingerprint density at radius 2 is 1.93 bits per heavy atom. The van der Waals surface area contributed by atoms with E-state index in [1.807, 2.05) is 12.1 Å². The summed E-state index contributed by atoms with van der Waals surface area (Å²) in [6.45, 7) is 9.61. The van der Waals surface area contributed by atoms with Crippen molar-refractivity contribution in [2.75, 3.05) is 57.8 Å². The molecule has 0 bridgehead atoms. The number of aryl methyl sites for hydroxylation is 1. The van der Waals surface area contributed by atoms with Crippen molar-refractivity contribution >= 4 is 34.1 Å². The van der Waals surface area contributed by atoms with Gasteiger partial charge in [0.25, 0.3) is 5.82 Å². The third-order valence-electron chi connectivity index (χ3n) is 5.29. The van der Waals surface area contributed by atoms with Gasteiger partial charge >= 0.3 is 0 Å². The number of thiocarbonyl (C=S) groups is 1. The molecule has 0 aliphatic carbocycles. The fourth-order valence-corrected chi connectivity index (χ4v) is 3.79. The maximum atomic E-state index is 9.45. The van der Waals surface area contributed by atoms with Crippen molar-refractivity contribution in [2.24, 2.45) is 0 Å². The Hall–Kier alpha value is -2.47. The average Bonchev–Trinajstić information content (AvgIpc) is 2.76. The maximum Gasteiger partial charge on any atom is 0.290 e. The molecule has 1 aliphatic rings. The van der Waals surface area contributed by atoms with E-state index < -0.39 is 0 Å². The highest BCUT2D eigenvalue weighted by molar-refractivity contribution is 7.80. The number of quaternary nitrogens is 1. The molecule has 1 fully saturated rings. The van der Waals surface area contributed by atoms with E-state index in [-0.39, 0.29) is 0 Å². The van der Waals surface area contributed by atoms with Crippen molar-refractivity contribution in [3.8, 4) is 6.07 Å². The molecule has 1 aliphatic heterocycles. The topological polar surface area (TPSA) is 87.7 Å². The molecule has 5 N–H and O–H groups in total. The van der Waals surface area contributed by atoms with Crippen LogP contribution in [0.5, 0.6) is 0 Å². The summed E-state index contributed by atoms with van der Waals surface area (Å²) in [5, 5.41) is 21.1. The van der Waals surface area contributed by atoms with Gasteiger partial charge in [-0.3, -0.25) is 5.32 Å². The van der Waals surface area contributed by atoms with Gasteiger partial charge in [0.2, 0.25) is 0 Å². The fourth-order valence-electron chi connectivity index (χ4n) is 3.59. The number of anilines is 1. The van der Waals surface area contributed by atoms with Crippen molar-refractivity contribution in [3.05, 3.63) is 35.4 Å². The summed E-state index contributed by atoms with van der Waals surface area (Å²) in [5.41, 5.74) is 2.82. The first-order valence-corrected chi connectivity index (χ1v) is 11.1. The highest BCUT2D eigenvalue weighted by Gasteiger charge is 2.13. The molecule has 0 amide bonds. The number of hydrogen-bond acceptors (Lipinski definition) is 4. The molecule has 0 atom stereocenters. The Bertz CT molecular complexity index is 891. The maximum absolute atomic E-state index is 9.45. The van der Waals surface area contributed by atoms with Gasteiger partial charge in [-0.1, -0.05) is 11.6 Å². The molecule has 1 aromatic carbocycles. The molecule has 3 rings (SSSR count). The molecular weight excluding hydrogens is 396 g/mol. The van der Waals surface area contributed by atoms with E-state index in [4.69, 9.17) is 17.0 Å². The van der Waals surface area contributed by atoms with Crippen LogP contribution in [0.2, 0.25) is 0 Å². The van der Waals surface area contributed by atoms with Crippen LogP contribution in [0.15, 0.2) is 24.3 Å².